The molecule has 0 aromatic carbocycles. The average Bonchev–Trinajstić information content (AvgIpc) is 2.39. The van der Waals surface area contributed by atoms with Gasteiger partial charge in [0.2, 0.25) is 0 Å². The summed E-state index contributed by atoms with van der Waals surface area (Å²) < 4.78 is 0. The van der Waals surface area contributed by atoms with Crippen LogP contribution in [0.5, 0.6) is 0 Å². The summed E-state index contributed by atoms with van der Waals surface area (Å²) in [7, 11) is 0. The number of nitrogens with zero attached hydrogens (tertiary/aromatic N) is 3. The van der Waals surface area contributed by atoms with Gasteiger partial charge in [-0.15, -0.1) is 0 Å². The van der Waals surface area contributed by atoms with Crippen molar-refractivity contribution in [2.75, 3.05) is 26.2 Å². The second-order valence-corrected chi connectivity index (χ2v) is 4.25. The van der Waals surface area contributed by atoms with Gasteiger partial charge in [0.1, 0.15) is 6.33 Å². The van der Waals surface area contributed by atoms with Crippen LogP contribution in [0, 0.1) is 0 Å². The molecule has 4 heteroatoms. The Labute approximate surface area is 97.1 Å². The second kappa shape index (κ2) is 5.37. The summed E-state index contributed by atoms with van der Waals surface area (Å²) in [4.78, 5) is 11.1. The van der Waals surface area contributed by atoms with Crippen molar-refractivity contribution in [3.63, 3.8) is 0 Å². The maximum Gasteiger partial charge on any atom is 0.115 e. The van der Waals surface area contributed by atoms with Gasteiger partial charge in [0, 0.05) is 37.9 Å². The first-order valence-electron chi connectivity index (χ1n) is 6.07. The van der Waals surface area contributed by atoms with E-state index in [1.807, 2.05) is 0 Å². The molecule has 1 aliphatic heterocycles. The van der Waals surface area contributed by atoms with Crippen LogP contribution in [0.25, 0.3) is 0 Å². The highest BCUT2D eigenvalue weighted by Crippen LogP contribution is 2.18. The van der Waals surface area contributed by atoms with Crippen molar-refractivity contribution in [2.24, 2.45) is 0 Å². The standard InChI is InChI=1S/C12H20N4/c1-3-11-8-12(15-9-14-11)10(2)16-6-4-13-5-7-16/h8-10,13H,3-7H2,1-2H3. The van der Waals surface area contributed by atoms with Crippen molar-refractivity contribution < 1.29 is 0 Å². The van der Waals surface area contributed by atoms with Gasteiger partial charge in [-0.1, -0.05) is 6.92 Å². The summed E-state index contributed by atoms with van der Waals surface area (Å²) in [6.07, 6.45) is 2.66. The Morgan fingerprint density at radius 3 is 2.81 bits per heavy atom. The maximum atomic E-state index is 4.39. The Hall–Kier alpha value is -1.00. The molecule has 1 aromatic heterocycles. The Kier molecular flexibility index (Phi) is 3.85. The van der Waals surface area contributed by atoms with E-state index in [0.29, 0.717) is 6.04 Å². The van der Waals surface area contributed by atoms with Gasteiger partial charge in [-0.05, 0) is 19.4 Å². The maximum absolute atomic E-state index is 4.39. The lowest BCUT2D eigenvalue weighted by molar-refractivity contribution is 0.182. The Bertz CT molecular complexity index is 334. The smallest absolute Gasteiger partial charge is 0.115 e. The van der Waals surface area contributed by atoms with E-state index >= 15 is 0 Å². The molecule has 0 spiro atoms. The van der Waals surface area contributed by atoms with Crippen molar-refractivity contribution in [1.29, 1.82) is 0 Å². The van der Waals surface area contributed by atoms with Crippen molar-refractivity contribution in [3.8, 4) is 0 Å². The molecule has 0 aliphatic carbocycles. The minimum absolute atomic E-state index is 0.399. The highest BCUT2D eigenvalue weighted by molar-refractivity contribution is 5.11. The number of piperazine rings is 1. The van der Waals surface area contributed by atoms with Crippen LogP contribution >= 0.6 is 0 Å². The monoisotopic (exact) mass is 220 g/mol. The second-order valence-electron chi connectivity index (χ2n) is 4.25. The number of hydrogen-bond donors (Lipinski definition) is 1. The fourth-order valence-electron chi connectivity index (χ4n) is 2.09. The number of aromatic nitrogens is 2. The van der Waals surface area contributed by atoms with Gasteiger partial charge in [-0.25, -0.2) is 9.97 Å². The topological polar surface area (TPSA) is 41.0 Å². The molecule has 1 fully saturated rings. The van der Waals surface area contributed by atoms with E-state index in [0.717, 1.165) is 44.0 Å². The van der Waals surface area contributed by atoms with Crippen LogP contribution < -0.4 is 5.32 Å². The van der Waals surface area contributed by atoms with Gasteiger partial charge in [0.25, 0.3) is 0 Å². The number of aryl methyl sites for hydroxylation is 1. The van der Waals surface area contributed by atoms with Gasteiger partial charge in [-0.3, -0.25) is 4.90 Å². The molecule has 1 aromatic rings. The van der Waals surface area contributed by atoms with Gasteiger partial charge < -0.3 is 5.32 Å². The first-order valence-corrected chi connectivity index (χ1v) is 6.07. The third-order valence-electron chi connectivity index (χ3n) is 3.23. The SMILES string of the molecule is CCc1cc(C(C)N2CCNCC2)ncn1. The van der Waals surface area contributed by atoms with E-state index in [4.69, 9.17) is 0 Å². The molecule has 0 radical (unpaired) electrons. The molecule has 4 nitrogen and oxygen atoms in total. The lowest BCUT2D eigenvalue weighted by Gasteiger charge is -2.32. The van der Waals surface area contributed by atoms with Gasteiger partial charge >= 0.3 is 0 Å². The van der Waals surface area contributed by atoms with Crippen molar-refractivity contribution >= 4 is 0 Å². The van der Waals surface area contributed by atoms with Crippen molar-refractivity contribution in [2.45, 2.75) is 26.3 Å². The molecule has 0 bridgehead atoms. The Morgan fingerprint density at radius 2 is 2.12 bits per heavy atom. The van der Waals surface area contributed by atoms with Crippen LogP contribution in [0.4, 0.5) is 0 Å². The minimum Gasteiger partial charge on any atom is -0.314 e. The summed E-state index contributed by atoms with van der Waals surface area (Å²) in [5.74, 6) is 0. The summed E-state index contributed by atoms with van der Waals surface area (Å²) in [6.45, 7) is 8.72. The molecule has 0 amide bonds. The Morgan fingerprint density at radius 1 is 1.38 bits per heavy atom. The first kappa shape index (κ1) is 11.5. The van der Waals surface area contributed by atoms with Crippen molar-refractivity contribution in [3.05, 3.63) is 23.8 Å². The lowest BCUT2D eigenvalue weighted by atomic mass is 10.1. The Balaban J connectivity index is 2.09. The van der Waals surface area contributed by atoms with E-state index in [-0.39, 0.29) is 0 Å². The molecule has 1 N–H and O–H groups in total. The number of nitrogens with one attached hydrogen (secondary N) is 1. The predicted octanol–water partition coefficient (Wildman–Crippen LogP) is 1.01. The molecular formula is C12H20N4. The summed E-state index contributed by atoms with van der Waals surface area (Å²) in [5, 5.41) is 3.37. The molecule has 2 rings (SSSR count). The van der Waals surface area contributed by atoms with E-state index in [9.17, 15) is 0 Å². The number of rotatable bonds is 3. The number of hydrogen-bond acceptors (Lipinski definition) is 4. The average molecular weight is 220 g/mol. The zero-order chi connectivity index (χ0) is 11.4. The zero-order valence-corrected chi connectivity index (χ0v) is 10.1. The first-order chi connectivity index (χ1) is 7.81. The molecule has 1 saturated heterocycles. The molecule has 1 atom stereocenters. The van der Waals surface area contributed by atoms with E-state index in [1.54, 1.807) is 6.33 Å². The van der Waals surface area contributed by atoms with Crippen molar-refractivity contribution in [1.82, 2.24) is 20.2 Å². The summed E-state index contributed by atoms with van der Waals surface area (Å²) in [5.41, 5.74) is 2.28. The third-order valence-corrected chi connectivity index (χ3v) is 3.23. The largest absolute Gasteiger partial charge is 0.314 e. The molecule has 1 unspecified atom stereocenters. The molecule has 1 aliphatic rings. The molecule has 2 heterocycles. The highest BCUT2D eigenvalue weighted by Gasteiger charge is 2.18. The zero-order valence-electron chi connectivity index (χ0n) is 10.1. The fourth-order valence-corrected chi connectivity index (χ4v) is 2.09. The predicted molar refractivity (Wildman–Crippen MR) is 64.3 cm³/mol. The quantitative estimate of drug-likeness (QED) is 0.825. The van der Waals surface area contributed by atoms with Crippen LogP contribution in [-0.2, 0) is 6.42 Å². The van der Waals surface area contributed by atoms with Gasteiger partial charge in [0.05, 0.1) is 5.69 Å². The van der Waals surface area contributed by atoms with E-state index in [2.05, 4.69) is 40.1 Å². The summed E-state index contributed by atoms with van der Waals surface area (Å²) >= 11 is 0. The van der Waals surface area contributed by atoms with Gasteiger partial charge in [-0.2, -0.15) is 0 Å². The minimum atomic E-state index is 0.399. The lowest BCUT2D eigenvalue weighted by Crippen LogP contribution is -2.44. The van der Waals surface area contributed by atoms with E-state index in [1.165, 1.54) is 0 Å². The van der Waals surface area contributed by atoms with Crippen LogP contribution in [0.1, 0.15) is 31.3 Å². The van der Waals surface area contributed by atoms with Crippen LogP contribution in [-0.4, -0.2) is 41.0 Å². The molecule has 16 heavy (non-hydrogen) atoms. The summed E-state index contributed by atoms with van der Waals surface area (Å²) in [6, 6.07) is 2.53. The van der Waals surface area contributed by atoms with Crippen LogP contribution in [0.3, 0.4) is 0 Å². The van der Waals surface area contributed by atoms with Gasteiger partial charge in [0.15, 0.2) is 0 Å². The molecular weight excluding hydrogens is 200 g/mol. The highest BCUT2D eigenvalue weighted by atomic mass is 15.2. The molecule has 88 valence electrons. The third kappa shape index (κ3) is 2.57. The van der Waals surface area contributed by atoms with Crippen LogP contribution in [0.2, 0.25) is 0 Å². The van der Waals surface area contributed by atoms with Crippen LogP contribution in [0.15, 0.2) is 12.4 Å². The molecule has 0 saturated carbocycles. The van der Waals surface area contributed by atoms with E-state index < -0.39 is 0 Å². The normalized spacial score (nSPS) is 19.6. The fraction of sp³-hybridized carbons (Fsp3) is 0.667.